The number of nitrogens with zero attached hydrogens (tertiary/aromatic N) is 4. The molecule has 6 nitrogen and oxygen atoms in total. The van der Waals surface area contributed by atoms with Crippen LogP contribution in [0.15, 0.2) is 59.1 Å². The number of thiazole rings is 1. The van der Waals surface area contributed by atoms with E-state index in [0.29, 0.717) is 23.1 Å². The maximum atomic E-state index is 6.13. The minimum Gasteiger partial charge on any atom is -0.484 e. The lowest BCUT2D eigenvalue weighted by molar-refractivity contribution is 0.290. The fraction of sp³-hybridized carbons (Fsp3) is 0.190. The van der Waals surface area contributed by atoms with Crippen molar-refractivity contribution in [1.82, 2.24) is 19.7 Å². The molecule has 4 rings (SSSR count). The second-order valence-electron chi connectivity index (χ2n) is 6.55. The minimum atomic E-state index is 0.301. The largest absolute Gasteiger partial charge is 0.484 e. The van der Waals surface area contributed by atoms with Gasteiger partial charge in [0.1, 0.15) is 12.4 Å². The summed E-state index contributed by atoms with van der Waals surface area (Å²) in [7, 11) is 1.93. The molecule has 30 heavy (non-hydrogen) atoms. The van der Waals surface area contributed by atoms with Gasteiger partial charge in [0.15, 0.2) is 16.1 Å². The van der Waals surface area contributed by atoms with Crippen LogP contribution in [0.4, 0.5) is 10.8 Å². The molecule has 0 aliphatic rings. The summed E-state index contributed by atoms with van der Waals surface area (Å²) in [5.41, 5.74) is 3.26. The predicted molar refractivity (Wildman–Crippen MR) is 123 cm³/mol. The van der Waals surface area contributed by atoms with Gasteiger partial charge in [0.2, 0.25) is 0 Å². The van der Waals surface area contributed by atoms with E-state index in [0.717, 1.165) is 27.5 Å². The molecule has 0 fully saturated rings. The lowest BCUT2D eigenvalue weighted by Gasteiger charge is -2.07. The van der Waals surface area contributed by atoms with Gasteiger partial charge >= 0.3 is 0 Å². The highest BCUT2D eigenvalue weighted by Gasteiger charge is 2.12. The molecular weight excluding hydrogens is 438 g/mol. The van der Waals surface area contributed by atoms with Crippen molar-refractivity contribution in [2.24, 2.45) is 7.05 Å². The van der Waals surface area contributed by atoms with E-state index in [2.05, 4.69) is 44.9 Å². The standard InChI is InChI=1S/C21H20ClN5OS2/c1-14-7-3-5-9-17(14)24-20-23-15(12-29-20)13-30-21-26-25-19(27(21)2)11-28-18-10-6-4-8-16(18)22/h3-10,12H,11,13H2,1-2H3,(H,23,24). The van der Waals surface area contributed by atoms with E-state index in [9.17, 15) is 0 Å². The van der Waals surface area contributed by atoms with Crippen LogP contribution < -0.4 is 10.1 Å². The Hall–Kier alpha value is -2.55. The summed E-state index contributed by atoms with van der Waals surface area (Å²) >= 11 is 9.32. The molecule has 154 valence electrons. The summed E-state index contributed by atoms with van der Waals surface area (Å²) in [6.07, 6.45) is 0. The first-order valence-electron chi connectivity index (χ1n) is 9.25. The molecule has 0 aliphatic heterocycles. The fourth-order valence-corrected chi connectivity index (χ4v) is 4.54. The number of halogens is 1. The molecule has 0 radical (unpaired) electrons. The number of ether oxygens (including phenoxy) is 1. The average molecular weight is 458 g/mol. The Balaban J connectivity index is 1.34. The van der Waals surface area contributed by atoms with Gasteiger partial charge in [0.25, 0.3) is 0 Å². The first-order valence-corrected chi connectivity index (χ1v) is 11.5. The highest BCUT2D eigenvalue weighted by atomic mass is 35.5. The van der Waals surface area contributed by atoms with Gasteiger partial charge in [-0.1, -0.05) is 53.7 Å². The Morgan fingerprint density at radius 3 is 2.77 bits per heavy atom. The van der Waals surface area contributed by atoms with Crippen LogP contribution in [0.2, 0.25) is 5.02 Å². The quantitative estimate of drug-likeness (QED) is 0.335. The van der Waals surface area contributed by atoms with E-state index in [1.54, 1.807) is 29.2 Å². The Morgan fingerprint density at radius 2 is 1.93 bits per heavy atom. The lowest BCUT2D eigenvalue weighted by atomic mass is 10.2. The molecule has 1 N–H and O–H groups in total. The van der Waals surface area contributed by atoms with Gasteiger partial charge in [-0.3, -0.25) is 0 Å². The van der Waals surface area contributed by atoms with Gasteiger partial charge in [0.05, 0.1) is 10.7 Å². The molecule has 0 unspecified atom stereocenters. The Bertz CT molecular complexity index is 1140. The molecule has 0 bridgehead atoms. The van der Waals surface area contributed by atoms with Crippen LogP contribution in [-0.4, -0.2) is 19.7 Å². The van der Waals surface area contributed by atoms with E-state index in [1.807, 2.05) is 41.9 Å². The zero-order valence-electron chi connectivity index (χ0n) is 16.5. The molecule has 9 heteroatoms. The lowest BCUT2D eigenvalue weighted by Crippen LogP contribution is -2.04. The summed E-state index contributed by atoms with van der Waals surface area (Å²) in [4.78, 5) is 4.67. The highest BCUT2D eigenvalue weighted by molar-refractivity contribution is 7.98. The minimum absolute atomic E-state index is 0.301. The van der Waals surface area contributed by atoms with Crippen molar-refractivity contribution >= 4 is 45.5 Å². The van der Waals surface area contributed by atoms with Gasteiger partial charge in [-0.05, 0) is 30.7 Å². The normalized spacial score (nSPS) is 10.9. The van der Waals surface area contributed by atoms with Crippen LogP contribution in [0.1, 0.15) is 17.1 Å². The molecule has 2 aromatic heterocycles. The van der Waals surface area contributed by atoms with Crippen LogP contribution in [0, 0.1) is 6.92 Å². The van der Waals surface area contributed by atoms with Crippen LogP contribution >= 0.6 is 34.7 Å². The molecule has 4 aromatic rings. The molecule has 0 amide bonds. The molecule has 2 aromatic carbocycles. The number of para-hydroxylation sites is 2. The number of benzene rings is 2. The van der Waals surface area contributed by atoms with Gasteiger partial charge < -0.3 is 14.6 Å². The Labute approximate surface area is 188 Å². The molecular formula is C21H20ClN5OS2. The first kappa shape index (κ1) is 20.7. The van der Waals surface area contributed by atoms with Gasteiger partial charge in [-0.2, -0.15) is 0 Å². The fourth-order valence-electron chi connectivity index (χ4n) is 2.70. The molecule has 0 atom stereocenters. The summed E-state index contributed by atoms with van der Waals surface area (Å²) in [6, 6.07) is 15.6. The number of hydrogen-bond acceptors (Lipinski definition) is 7. The molecule has 0 spiro atoms. The molecule has 0 saturated carbocycles. The van der Waals surface area contributed by atoms with Crippen molar-refractivity contribution in [3.05, 3.63) is 76.0 Å². The van der Waals surface area contributed by atoms with E-state index in [-0.39, 0.29) is 0 Å². The van der Waals surface area contributed by atoms with Crippen molar-refractivity contribution in [3.63, 3.8) is 0 Å². The first-order chi connectivity index (χ1) is 14.6. The highest BCUT2D eigenvalue weighted by Crippen LogP contribution is 2.28. The SMILES string of the molecule is Cc1ccccc1Nc1nc(CSc2nnc(COc3ccccc3Cl)n2C)cs1. The summed E-state index contributed by atoms with van der Waals surface area (Å²) < 4.78 is 7.70. The van der Waals surface area contributed by atoms with Crippen molar-refractivity contribution in [2.75, 3.05) is 5.32 Å². The zero-order chi connectivity index (χ0) is 20.9. The van der Waals surface area contributed by atoms with Crippen molar-refractivity contribution < 1.29 is 4.74 Å². The zero-order valence-corrected chi connectivity index (χ0v) is 18.9. The number of nitrogens with one attached hydrogen (secondary N) is 1. The molecule has 0 aliphatic carbocycles. The van der Waals surface area contributed by atoms with Crippen LogP contribution in [-0.2, 0) is 19.4 Å². The smallest absolute Gasteiger partial charge is 0.191 e. The maximum Gasteiger partial charge on any atom is 0.191 e. The number of aryl methyl sites for hydroxylation is 1. The van der Waals surface area contributed by atoms with Crippen LogP contribution in [0.5, 0.6) is 5.75 Å². The van der Waals surface area contributed by atoms with Crippen molar-refractivity contribution in [1.29, 1.82) is 0 Å². The number of rotatable bonds is 8. The average Bonchev–Trinajstić information content (AvgIpc) is 3.34. The van der Waals surface area contributed by atoms with Gasteiger partial charge in [0, 0.05) is 23.9 Å². The third-order valence-electron chi connectivity index (χ3n) is 4.41. The topological polar surface area (TPSA) is 64.9 Å². The monoisotopic (exact) mass is 457 g/mol. The Morgan fingerprint density at radius 1 is 1.13 bits per heavy atom. The third-order valence-corrected chi connectivity index (χ3v) is 6.58. The Kier molecular flexibility index (Phi) is 6.56. The van der Waals surface area contributed by atoms with Crippen LogP contribution in [0.25, 0.3) is 0 Å². The molecule has 0 saturated heterocycles. The number of thioether (sulfide) groups is 1. The number of aromatic nitrogens is 4. The van der Waals surface area contributed by atoms with E-state index in [1.165, 1.54) is 5.56 Å². The van der Waals surface area contributed by atoms with Crippen LogP contribution in [0.3, 0.4) is 0 Å². The third kappa shape index (κ3) is 4.95. The van der Waals surface area contributed by atoms with Gasteiger partial charge in [-0.25, -0.2) is 4.98 Å². The van der Waals surface area contributed by atoms with Crippen molar-refractivity contribution in [2.45, 2.75) is 24.4 Å². The van der Waals surface area contributed by atoms with E-state index in [4.69, 9.17) is 16.3 Å². The summed E-state index contributed by atoms with van der Waals surface area (Å²) in [6.45, 7) is 2.38. The second-order valence-corrected chi connectivity index (χ2v) is 8.76. The van der Waals surface area contributed by atoms with Crippen molar-refractivity contribution in [3.8, 4) is 5.75 Å². The number of hydrogen-bond donors (Lipinski definition) is 1. The van der Waals surface area contributed by atoms with Gasteiger partial charge in [-0.15, -0.1) is 21.5 Å². The summed E-state index contributed by atoms with van der Waals surface area (Å²) in [5.74, 6) is 2.08. The predicted octanol–water partition coefficient (Wildman–Crippen LogP) is 5.85. The van der Waals surface area contributed by atoms with E-state index < -0.39 is 0 Å². The second kappa shape index (κ2) is 9.51. The van der Waals surface area contributed by atoms with E-state index >= 15 is 0 Å². The maximum absolute atomic E-state index is 6.13. The summed E-state index contributed by atoms with van der Waals surface area (Å²) in [5, 5.41) is 16.2. The molecule has 2 heterocycles. The number of anilines is 2.